The third kappa shape index (κ3) is 12.8. The lowest BCUT2D eigenvalue weighted by Gasteiger charge is -2.35. The van der Waals surface area contributed by atoms with Crippen LogP contribution in [0.2, 0.25) is 0 Å². The monoisotopic (exact) mass is 302 g/mol. The lowest BCUT2D eigenvalue weighted by molar-refractivity contribution is -0.119. The molecule has 1 aliphatic heterocycles. The van der Waals surface area contributed by atoms with Crippen LogP contribution in [0.25, 0.3) is 0 Å². The molecule has 0 aromatic rings. The van der Waals surface area contributed by atoms with Crippen molar-refractivity contribution in [3.8, 4) is 0 Å². The zero-order chi connectivity index (χ0) is 16.7. The molecule has 4 nitrogen and oxygen atoms in total. The van der Waals surface area contributed by atoms with E-state index in [1.54, 1.807) is 0 Å². The van der Waals surface area contributed by atoms with Crippen LogP contribution in [0.15, 0.2) is 0 Å². The number of likely N-dealkylation sites (N-methyl/N-ethyl adjacent to an activating group) is 1. The smallest absolute Gasteiger partial charge is 0.209 e. The highest BCUT2D eigenvalue weighted by Gasteiger charge is 2.21. The Labute approximate surface area is 132 Å². The van der Waals surface area contributed by atoms with Gasteiger partial charge in [0.25, 0.3) is 0 Å². The first-order valence-corrected chi connectivity index (χ1v) is 8.56. The zero-order valence-electron chi connectivity index (χ0n) is 15.4. The molecule has 0 radical (unpaired) electrons. The van der Waals surface area contributed by atoms with Crippen LogP contribution in [-0.4, -0.2) is 61.6 Å². The van der Waals surface area contributed by atoms with E-state index in [9.17, 15) is 4.79 Å². The van der Waals surface area contributed by atoms with E-state index < -0.39 is 0 Å². The largest absolute Gasteiger partial charge is 0.377 e. The van der Waals surface area contributed by atoms with Crippen molar-refractivity contribution in [2.75, 3.05) is 33.3 Å². The minimum absolute atomic E-state index is 0.310. The minimum Gasteiger partial charge on any atom is -0.377 e. The second-order valence-corrected chi connectivity index (χ2v) is 5.48. The summed E-state index contributed by atoms with van der Waals surface area (Å²) in [5, 5.41) is 0. The molecule has 1 heterocycles. The van der Waals surface area contributed by atoms with E-state index in [2.05, 4.69) is 39.6 Å². The van der Waals surface area contributed by atoms with Crippen LogP contribution >= 0.6 is 0 Å². The number of hydrogen-bond acceptors (Lipinski definition) is 3. The summed E-state index contributed by atoms with van der Waals surface area (Å²) in [5.74, 6) is 0. The number of ether oxygens (including phenoxy) is 1. The van der Waals surface area contributed by atoms with E-state index in [1.165, 1.54) is 6.42 Å². The van der Waals surface area contributed by atoms with Gasteiger partial charge in [0.2, 0.25) is 6.41 Å². The first kappa shape index (κ1) is 22.7. The molecule has 1 fully saturated rings. The summed E-state index contributed by atoms with van der Waals surface area (Å²) in [4.78, 5) is 14.8. The van der Waals surface area contributed by atoms with E-state index in [-0.39, 0.29) is 0 Å². The molecule has 0 saturated carbocycles. The summed E-state index contributed by atoms with van der Waals surface area (Å²) in [6.45, 7) is 15.9. The average Bonchev–Trinajstić information content (AvgIpc) is 2.49. The number of hydrogen-bond donors (Lipinski definition) is 0. The lowest BCUT2D eigenvalue weighted by atomic mass is 10.0. The van der Waals surface area contributed by atoms with Crippen molar-refractivity contribution < 1.29 is 9.53 Å². The molecular formula is C17H38N2O2. The van der Waals surface area contributed by atoms with E-state index in [0.717, 1.165) is 45.5 Å². The van der Waals surface area contributed by atoms with Gasteiger partial charge in [-0.2, -0.15) is 0 Å². The van der Waals surface area contributed by atoms with Crippen LogP contribution in [0.5, 0.6) is 0 Å². The van der Waals surface area contributed by atoms with Crippen molar-refractivity contribution >= 4 is 6.41 Å². The Morgan fingerprint density at radius 3 is 2.10 bits per heavy atom. The summed E-state index contributed by atoms with van der Waals surface area (Å²) in [6.07, 6.45) is 4.68. The van der Waals surface area contributed by atoms with Crippen LogP contribution in [0.1, 0.15) is 60.8 Å². The van der Waals surface area contributed by atoms with Crippen LogP contribution in [0.3, 0.4) is 0 Å². The summed E-state index contributed by atoms with van der Waals surface area (Å²) < 4.78 is 5.54. The molecule has 1 aliphatic rings. The second kappa shape index (κ2) is 15.8. The molecule has 0 spiro atoms. The van der Waals surface area contributed by atoms with E-state index >= 15 is 0 Å². The molecule has 0 unspecified atom stereocenters. The summed E-state index contributed by atoms with van der Waals surface area (Å²) >= 11 is 0. The highest BCUT2D eigenvalue weighted by atomic mass is 16.5. The minimum atomic E-state index is 0.310. The molecule has 21 heavy (non-hydrogen) atoms. The van der Waals surface area contributed by atoms with Gasteiger partial charge < -0.3 is 14.5 Å². The normalized spacial score (nSPS) is 15.2. The fourth-order valence-electron chi connectivity index (χ4n) is 2.05. The highest BCUT2D eigenvalue weighted by molar-refractivity contribution is 5.47. The third-order valence-corrected chi connectivity index (χ3v) is 3.17. The summed E-state index contributed by atoms with van der Waals surface area (Å²) in [7, 11) is 2.14. The Bertz CT molecular complexity index is 215. The Hall–Kier alpha value is -0.610. The lowest BCUT2D eigenvalue weighted by Crippen LogP contribution is -2.43. The second-order valence-electron chi connectivity index (χ2n) is 5.48. The number of piperidine rings is 1. The number of carbonyl (C=O) groups is 1. The van der Waals surface area contributed by atoms with Gasteiger partial charge in [0.1, 0.15) is 0 Å². The summed E-state index contributed by atoms with van der Waals surface area (Å²) in [5.41, 5.74) is 0. The number of likely N-dealkylation sites (tertiary alicyclic amines) is 1. The molecule has 0 aromatic heterocycles. The van der Waals surface area contributed by atoms with Gasteiger partial charge in [0, 0.05) is 25.7 Å². The molecule has 1 rings (SSSR count). The Kier molecular flexibility index (Phi) is 17.0. The van der Waals surface area contributed by atoms with Gasteiger partial charge in [-0.15, -0.1) is 0 Å². The predicted octanol–water partition coefficient (Wildman–Crippen LogP) is 3.41. The molecule has 0 N–H and O–H groups in total. The van der Waals surface area contributed by atoms with Crippen molar-refractivity contribution in [2.45, 2.75) is 73.0 Å². The van der Waals surface area contributed by atoms with Crippen LogP contribution < -0.4 is 0 Å². The Balaban J connectivity index is 0. The average molecular weight is 303 g/mol. The van der Waals surface area contributed by atoms with Crippen molar-refractivity contribution in [1.29, 1.82) is 0 Å². The van der Waals surface area contributed by atoms with E-state index in [0.29, 0.717) is 12.1 Å². The van der Waals surface area contributed by atoms with E-state index in [1.807, 2.05) is 18.7 Å². The van der Waals surface area contributed by atoms with E-state index in [4.69, 9.17) is 4.74 Å². The van der Waals surface area contributed by atoms with Crippen LogP contribution in [-0.2, 0) is 9.53 Å². The number of carbonyl (C=O) groups excluding carboxylic acids is 1. The van der Waals surface area contributed by atoms with Gasteiger partial charge in [-0.3, -0.25) is 4.79 Å². The SMILES string of the molecule is CC.CC(C)OCCN(C)C1CCN(C=O)CC1.CCC. The first-order chi connectivity index (χ1) is 10.0. The molecule has 0 bridgehead atoms. The third-order valence-electron chi connectivity index (χ3n) is 3.17. The zero-order valence-corrected chi connectivity index (χ0v) is 15.4. The maximum absolute atomic E-state index is 10.6. The number of rotatable bonds is 6. The van der Waals surface area contributed by atoms with Gasteiger partial charge in [-0.1, -0.05) is 34.1 Å². The fraction of sp³-hybridized carbons (Fsp3) is 0.941. The molecule has 0 aromatic carbocycles. The highest BCUT2D eigenvalue weighted by Crippen LogP contribution is 2.13. The van der Waals surface area contributed by atoms with Crippen molar-refractivity contribution in [2.24, 2.45) is 0 Å². The van der Waals surface area contributed by atoms with Crippen molar-refractivity contribution in [3.63, 3.8) is 0 Å². The van der Waals surface area contributed by atoms with Gasteiger partial charge in [-0.25, -0.2) is 0 Å². The topological polar surface area (TPSA) is 32.8 Å². The molecule has 0 atom stereocenters. The maximum atomic E-state index is 10.6. The van der Waals surface area contributed by atoms with Crippen LogP contribution in [0, 0.1) is 0 Å². The van der Waals surface area contributed by atoms with Crippen LogP contribution in [0.4, 0.5) is 0 Å². The summed E-state index contributed by atoms with van der Waals surface area (Å²) in [6, 6.07) is 0.604. The van der Waals surface area contributed by atoms with Gasteiger partial charge in [-0.05, 0) is 33.7 Å². The molecule has 1 amide bonds. The Morgan fingerprint density at radius 2 is 1.71 bits per heavy atom. The molecule has 128 valence electrons. The molecule has 1 saturated heterocycles. The molecular weight excluding hydrogens is 264 g/mol. The predicted molar refractivity (Wildman–Crippen MR) is 91.7 cm³/mol. The standard InChI is InChI=1S/C12H24N2O2.C3H8.C2H6/c1-11(2)16-9-8-13(3)12-4-6-14(10-15)7-5-12;1-3-2;1-2/h10-12H,4-9H2,1-3H3;3H2,1-2H3;1-2H3. The first-order valence-electron chi connectivity index (χ1n) is 8.56. The molecule has 0 aliphatic carbocycles. The number of nitrogens with zero attached hydrogens (tertiary/aromatic N) is 2. The van der Waals surface area contributed by atoms with Gasteiger partial charge >= 0.3 is 0 Å². The quantitative estimate of drug-likeness (QED) is 0.705. The number of amides is 1. The van der Waals surface area contributed by atoms with Gasteiger partial charge in [0.15, 0.2) is 0 Å². The van der Waals surface area contributed by atoms with Gasteiger partial charge in [0.05, 0.1) is 12.7 Å². The van der Waals surface area contributed by atoms with Crippen molar-refractivity contribution in [1.82, 2.24) is 9.80 Å². The Morgan fingerprint density at radius 1 is 1.24 bits per heavy atom. The fourth-order valence-corrected chi connectivity index (χ4v) is 2.05. The molecule has 4 heteroatoms. The van der Waals surface area contributed by atoms with Crippen molar-refractivity contribution in [3.05, 3.63) is 0 Å². The maximum Gasteiger partial charge on any atom is 0.209 e.